The quantitative estimate of drug-likeness (QED) is 0.678. The third-order valence-corrected chi connectivity index (χ3v) is 4.66. The summed E-state index contributed by atoms with van der Waals surface area (Å²) in [6.45, 7) is 4.41. The molecule has 152 valence electrons. The van der Waals surface area contributed by atoms with Crippen LogP contribution in [0, 0.1) is 0 Å². The predicted octanol–water partition coefficient (Wildman–Crippen LogP) is 2.85. The van der Waals surface area contributed by atoms with E-state index in [1.54, 1.807) is 21.9 Å². The number of carbonyl (C=O) groups excluding carboxylic acids is 2. The molecule has 1 aliphatic heterocycles. The van der Waals surface area contributed by atoms with E-state index in [1.807, 2.05) is 61.5 Å². The summed E-state index contributed by atoms with van der Waals surface area (Å²) in [4.78, 5) is 28.3. The number of rotatable bonds is 7. The minimum Gasteiger partial charge on any atom is -0.490 e. The first-order valence-corrected chi connectivity index (χ1v) is 9.82. The Bertz CT molecular complexity index is 843. The van der Waals surface area contributed by atoms with Crippen molar-refractivity contribution in [3.8, 4) is 11.5 Å². The Morgan fingerprint density at radius 2 is 1.45 bits per heavy atom. The average Bonchev–Trinajstić information content (AvgIpc) is 2.77. The van der Waals surface area contributed by atoms with Gasteiger partial charge >= 0.3 is 0 Å². The van der Waals surface area contributed by atoms with Gasteiger partial charge in [-0.2, -0.15) is 0 Å². The molecular formula is C23H26N2O4. The van der Waals surface area contributed by atoms with E-state index < -0.39 is 0 Å². The zero-order chi connectivity index (χ0) is 20.5. The van der Waals surface area contributed by atoms with Gasteiger partial charge in [0.15, 0.2) is 18.1 Å². The zero-order valence-corrected chi connectivity index (χ0v) is 16.6. The van der Waals surface area contributed by atoms with Gasteiger partial charge in [0, 0.05) is 32.3 Å². The lowest BCUT2D eigenvalue weighted by atomic mass is 10.2. The van der Waals surface area contributed by atoms with Crippen LogP contribution in [0.1, 0.15) is 12.5 Å². The van der Waals surface area contributed by atoms with Crippen LogP contribution in [0.3, 0.4) is 0 Å². The molecule has 1 saturated heterocycles. The van der Waals surface area contributed by atoms with Crippen LogP contribution >= 0.6 is 0 Å². The third kappa shape index (κ3) is 5.85. The number of piperazine rings is 1. The molecule has 0 N–H and O–H groups in total. The Morgan fingerprint density at radius 1 is 0.862 bits per heavy atom. The van der Waals surface area contributed by atoms with Gasteiger partial charge in [0.05, 0.1) is 6.61 Å². The lowest BCUT2D eigenvalue weighted by Crippen LogP contribution is -2.51. The first kappa shape index (κ1) is 20.5. The minimum atomic E-state index is -0.0942. The van der Waals surface area contributed by atoms with Gasteiger partial charge in [-0.1, -0.05) is 42.5 Å². The van der Waals surface area contributed by atoms with Crippen LogP contribution in [0.5, 0.6) is 11.5 Å². The largest absolute Gasteiger partial charge is 0.490 e. The molecule has 2 aromatic rings. The molecule has 2 aromatic carbocycles. The maximum Gasteiger partial charge on any atom is 0.260 e. The highest BCUT2D eigenvalue weighted by molar-refractivity contribution is 5.92. The fourth-order valence-corrected chi connectivity index (χ4v) is 3.09. The van der Waals surface area contributed by atoms with Crippen LogP contribution in [-0.4, -0.2) is 61.0 Å². The number of ether oxygens (including phenoxy) is 2. The van der Waals surface area contributed by atoms with Gasteiger partial charge in [-0.3, -0.25) is 9.59 Å². The highest BCUT2D eigenvalue weighted by Crippen LogP contribution is 2.26. The smallest absolute Gasteiger partial charge is 0.260 e. The summed E-state index contributed by atoms with van der Waals surface area (Å²) >= 11 is 0. The van der Waals surface area contributed by atoms with Crippen LogP contribution < -0.4 is 9.47 Å². The topological polar surface area (TPSA) is 59.1 Å². The summed E-state index contributed by atoms with van der Waals surface area (Å²) in [5, 5.41) is 0. The van der Waals surface area contributed by atoms with Crippen molar-refractivity contribution in [1.29, 1.82) is 0 Å². The Balaban J connectivity index is 1.46. The summed E-state index contributed by atoms with van der Waals surface area (Å²) in [5.41, 5.74) is 0.985. The molecule has 0 unspecified atom stereocenters. The summed E-state index contributed by atoms with van der Waals surface area (Å²) in [6.07, 6.45) is 3.39. The molecular weight excluding hydrogens is 368 g/mol. The van der Waals surface area contributed by atoms with Crippen LogP contribution in [0.4, 0.5) is 0 Å². The van der Waals surface area contributed by atoms with E-state index in [2.05, 4.69) is 0 Å². The van der Waals surface area contributed by atoms with Crippen LogP contribution in [0.2, 0.25) is 0 Å². The summed E-state index contributed by atoms with van der Waals surface area (Å²) in [6, 6.07) is 17.0. The van der Waals surface area contributed by atoms with Crippen molar-refractivity contribution in [2.24, 2.45) is 0 Å². The maximum absolute atomic E-state index is 12.5. The third-order valence-electron chi connectivity index (χ3n) is 4.66. The van der Waals surface area contributed by atoms with Crippen LogP contribution in [0.25, 0.3) is 6.08 Å². The Labute approximate surface area is 171 Å². The monoisotopic (exact) mass is 394 g/mol. The van der Waals surface area contributed by atoms with E-state index in [0.29, 0.717) is 44.3 Å². The predicted molar refractivity (Wildman–Crippen MR) is 112 cm³/mol. The first-order chi connectivity index (χ1) is 14.2. The number of amides is 2. The maximum atomic E-state index is 12.5. The second-order valence-corrected chi connectivity index (χ2v) is 6.62. The summed E-state index contributed by atoms with van der Waals surface area (Å²) in [7, 11) is 0. The molecule has 3 rings (SSSR count). The zero-order valence-electron chi connectivity index (χ0n) is 16.6. The number of hydrogen-bond acceptors (Lipinski definition) is 4. The minimum absolute atomic E-state index is 0.0390. The normalized spacial score (nSPS) is 14.1. The van der Waals surface area contributed by atoms with E-state index in [1.165, 1.54) is 0 Å². The van der Waals surface area contributed by atoms with E-state index in [4.69, 9.17) is 9.47 Å². The Hall–Kier alpha value is -3.28. The summed E-state index contributed by atoms with van der Waals surface area (Å²) < 4.78 is 11.2. The van der Waals surface area contributed by atoms with Crippen molar-refractivity contribution in [3.63, 3.8) is 0 Å². The van der Waals surface area contributed by atoms with Crippen molar-refractivity contribution < 1.29 is 19.1 Å². The second kappa shape index (κ2) is 10.3. The molecule has 1 fully saturated rings. The standard InChI is InChI=1S/C23H26N2O4/c1-2-28-20-10-6-7-11-21(20)29-18-23(27)25-16-14-24(15-17-25)22(26)13-12-19-8-4-3-5-9-19/h3-13H,2,14-18H2,1H3/b13-12+. The first-order valence-electron chi connectivity index (χ1n) is 9.82. The van der Waals surface area contributed by atoms with Gasteiger partial charge in [-0.25, -0.2) is 0 Å². The van der Waals surface area contributed by atoms with E-state index >= 15 is 0 Å². The van der Waals surface area contributed by atoms with Crippen LogP contribution in [-0.2, 0) is 9.59 Å². The average molecular weight is 394 g/mol. The van der Waals surface area contributed by atoms with Crippen molar-refractivity contribution >= 4 is 17.9 Å². The van der Waals surface area contributed by atoms with Crippen molar-refractivity contribution in [2.75, 3.05) is 39.4 Å². The lowest BCUT2D eigenvalue weighted by molar-refractivity contribution is -0.138. The highest BCUT2D eigenvalue weighted by Gasteiger charge is 2.23. The SMILES string of the molecule is CCOc1ccccc1OCC(=O)N1CCN(C(=O)/C=C/c2ccccc2)CC1. The fraction of sp³-hybridized carbons (Fsp3) is 0.304. The van der Waals surface area contributed by atoms with E-state index in [0.717, 1.165) is 5.56 Å². The van der Waals surface area contributed by atoms with Crippen LogP contribution in [0.15, 0.2) is 60.7 Å². The fourth-order valence-electron chi connectivity index (χ4n) is 3.09. The van der Waals surface area contributed by atoms with Gasteiger partial charge in [0.1, 0.15) is 0 Å². The molecule has 6 nitrogen and oxygen atoms in total. The van der Waals surface area contributed by atoms with Gasteiger partial charge in [0.25, 0.3) is 5.91 Å². The van der Waals surface area contributed by atoms with Gasteiger partial charge in [-0.15, -0.1) is 0 Å². The molecule has 29 heavy (non-hydrogen) atoms. The number of nitrogens with zero attached hydrogens (tertiary/aromatic N) is 2. The molecule has 0 radical (unpaired) electrons. The van der Waals surface area contributed by atoms with Gasteiger partial charge in [0.2, 0.25) is 5.91 Å². The van der Waals surface area contributed by atoms with E-state index in [9.17, 15) is 9.59 Å². The molecule has 0 aromatic heterocycles. The number of benzene rings is 2. The van der Waals surface area contributed by atoms with Crippen molar-refractivity contribution in [3.05, 3.63) is 66.2 Å². The van der Waals surface area contributed by atoms with Gasteiger partial charge in [-0.05, 0) is 30.7 Å². The number of carbonyl (C=O) groups is 2. The molecule has 0 saturated carbocycles. The van der Waals surface area contributed by atoms with Gasteiger partial charge < -0.3 is 19.3 Å². The Morgan fingerprint density at radius 3 is 2.10 bits per heavy atom. The molecule has 0 spiro atoms. The van der Waals surface area contributed by atoms with Crippen molar-refractivity contribution in [2.45, 2.75) is 6.92 Å². The number of para-hydroxylation sites is 2. The molecule has 0 atom stereocenters. The van der Waals surface area contributed by atoms with E-state index in [-0.39, 0.29) is 18.4 Å². The molecule has 1 aliphatic rings. The van der Waals surface area contributed by atoms with Crippen molar-refractivity contribution in [1.82, 2.24) is 9.80 Å². The molecule has 0 aliphatic carbocycles. The molecule has 0 bridgehead atoms. The molecule has 6 heteroatoms. The molecule has 1 heterocycles. The Kier molecular flexibility index (Phi) is 7.28. The lowest BCUT2D eigenvalue weighted by Gasteiger charge is -2.34. The number of hydrogen-bond donors (Lipinski definition) is 0. The highest BCUT2D eigenvalue weighted by atomic mass is 16.5. The summed E-state index contributed by atoms with van der Waals surface area (Å²) in [5.74, 6) is 1.05. The molecule has 2 amide bonds. The second-order valence-electron chi connectivity index (χ2n) is 6.62.